The Balaban J connectivity index is 1.84. The van der Waals surface area contributed by atoms with Crippen molar-refractivity contribution in [2.45, 2.75) is 18.2 Å². The second-order valence-corrected chi connectivity index (χ2v) is 8.77. The number of nitrogens with one attached hydrogen (secondary N) is 1. The number of hydrogen-bond acceptors (Lipinski definition) is 6. The zero-order chi connectivity index (χ0) is 21.3. The maximum absolute atomic E-state index is 12.7. The van der Waals surface area contributed by atoms with Crippen molar-refractivity contribution in [3.8, 4) is 0 Å². The summed E-state index contributed by atoms with van der Waals surface area (Å²) >= 11 is 0. The van der Waals surface area contributed by atoms with Gasteiger partial charge in [0.1, 0.15) is 5.82 Å². The molecule has 29 heavy (non-hydrogen) atoms. The average Bonchev–Trinajstić information content (AvgIpc) is 2.69. The molecule has 2 aromatic heterocycles. The number of fused-ring (bicyclic) bond motifs is 1. The minimum absolute atomic E-state index is 0.0277. The fourth-order valence-electron chi connectivity index (χ4n) is 2.92. The zero-order valence-electron chi connectivity index (χ0n) is 16.2. The van der Waals surface area contributed by atoms with Crippen LogP contribution in [0, 0.1) is 6.92 Å². The molecule has 0 aliphatic heterocycles. The van der Waals surface area contributed by atoms with Crippen LogP contribution in [0.5, 0.6) is 0 Å². The Morgan fingerprint density at radius 3 is 2.34 bits per heavy atom. The minimum atomic E-state index is -3.78. The molecule has 1 aromatic carbocycles. The van der Waals surface area contributed by atoms with E-state index in [0.717, 1.165) is 10.3 Å². The number of sulfone groups is 1. The standard InChI is InChI=1S/C19H20N4O5S/c1-12-5-4-6-16(20-12)21-17(24)9-10-29(27,28)13-7-8-14-15(11-13)23(3)19(26)18(25)22(14)2/h4-8,11H,9-10H2,1-3H3,(H,20,21,24). The summed E-state index contributed by atoms with van der Waals surface area (Å²) in [6.07, 6.45) is -0.248. The molecule has 0 radical (unpaired) electrons. The highest BCUT2D eigenvalue weighted by Gasteiger charge is 2.19. The van der Waals surface area contributed by atoms with Gasteiger partial charge in [-0.2, -0.15) is 0 Å². The van der Waals surface area contributed by atoms with Crippen LogP contribution in [0.1, 0.15) is 12.1 Å². The van der Waals surface area contributed by atoms with Gasteiger partial charge < -0.3 is 14.5 Å². The van der Waals surface area contributed by atoms with E-state index >= 15 is 0 Å². The molecule has 0 spiro atoms. The highest BCUT2D eigenvalue weighted by molar-refractivity contribution is 7.91. The molecule has 152 valence electrons. The maximum atomic E-state index is 12.7. The van der Waals surface area contributed by atoms with Gasteiger partial charge in [0.2, 0.25) is 5.91 Å². The van der Waals surface area contributed by atoms with E-state index in [1.807, 2.05) is 0 Å². The van der Waals surface area contributed by atoms with Gasteiger partial charge in [0.15, 0.2) is 9.84 Å². The largest absolute Gasteiger partial charge is 0.316 e. The highest BCUT2D eigenvalue weighted by atomic mass is 32.2. The molecule has 1 N–H and O–H groups in total. The molecule has 9 nitrogen and oxygen atoms in total. The quantitative estimate of drug-likeness (QED) is 0.613. The molecule has 0 fully saturated rings. The topological polar surface area (TPSA) is 120 Å². The maximum Gasteiger partial charge on any atom is 0.316 e. The molecule has 0 saturated heterocycles. The molecule has 0 aliphatic rings. The van der Waals surface area contributed by atoms with Crippen LogP contribution >= 0.6 is 0 Å². The zero-order valence-corrected chi connectivity index (χ0v) is 17.0. The molecule has 3 aromatic rings. The van der Waals surface area contributed by atoms with E-state index in [4.69, 9.17) is 0 Å². The van der Waals surface area contributed by atoms with Crippen molar-refractivity contribution in [1.29, 1.82) is 0 Å². The summed E-state index contributed by atoms with van der Waals surface area (Å²) in [5.74, 6) is -0.521. The normalized spacial score (nSPS) is 11.6. The third kappa shape index (κ3) is 4.11. The molecule has 1 amide bonds. The Bertz CT molecular complexity index is 1340. The van der Waals surface area contributed by atoms with E-state index in [2.05, 4.69) is 10.3 Å². The summed E-state index contributed by atoms with van der Waals surface area (Å²) in [5, 5.41) is 2.57. The number of benzene rings is 1. The number of pyridine rings is 1. The smallest absolute Gasteiger partial charge is 0.311 e. The fourth-order valence-corrected chi connectivity index (χ4v) is 4.17. The summed E-state index contributed by atoms with van der Waals surface area (Å²) in [5.41, 5.74) is 0.0223. The first-order valence-electron chi connectivity index (χ1n) is 8.76. The van der Waals surface area contributed by atoms with Crippen LogP contribution in [0.25, 0.3) is 11.0 Å². The van der Waals surface area contributed by atoms with Gasteiger partial charge in [-0.25, -0.2) is 13.4 Å². The average molecular weight is 416 g/mol. The van der Waals surface area contributed by atoms with Crippen molar-refractivity contribution in [2.24, 2.45) is 14.1 Å². The third-order valence-electron chi connectivity index (χ3n) is 4.57. The van der Waals surface area contributed by atoms with E-state index in [-0.39, 0.29) is 11.3 Å². The van der Waals surface area contributed by atoms with Crippen molar-refractivity contribution >= 4 is 32.6 Å². The first-order chi connectivity index (χ1) is 13.6. The minimum Gasteiger partial charge on any atom is -0.311 e. The Kier molecular flexibility index (Phi) is 5.38. The second kappa shape index (κ2) is 7.63. The SMILES string of the molecule is Cc1cccc(NC(=O)CCS(=O)(=O)c2ccc3c(c2)n(C)c(=O)c(=O)n3C)n1. The second-order valence-electron chi connectivity index (χ2n) is 6.66. The first kappa shape index (κ1) is 20.5. The van der Waals surface area contributed by atoms with Gasteiger partial charge in [0.05, 0.1) is 21.7 Å². The van der Waals surface area contributed by atoms with Crippen molar-refractivity contribution in [2.75, 3.05) is 11.1 Å². The molecule has 0 atom stereocenters. The molecular weight excluding hydrogens is 396 g/mol. The Hall–Kier alpha value is -3.27. The van der Waals surface area contributed by atoms with Crippen LogP contribution in [0.3, 0.4) is 0 Å². The lowest BCUT2D eigenvalue weighted by atomic mass is 10.3. The first-order valence-corrected chi connectivity index (χ1v) is 10.4. The van der Waals surface area contributed by atoms with Crippen LogP contribution in [0.4, 0.5) is 5.82 Å². The molecule has 0 aliphatic carbocycles. The van der Waals surface area contributed by atoms with Gasteiger partial charge in [-0.05, 0) is 37.3 Å². The number of rotatable bonds is 5. The number of carbonyl (C=O) groups is 1. The van der Waals surface area contributed by atoms with Crippen LogP contribution in [0.15, 0.2) is 50.9 Å². The summed E-state index contributed by atoms with van der Waals surface area (Å²) in [6.45, 7) is 1.78. The summed E-state index contributed by atoms with van der Waals surface area (Å²) in [6, 6.07) is 9.31. The van der Waals surface area contributed by atoms with Gasteiger partial charge in [-0.1, -0.05) is 6.07 Å². The molecule has 10 heteroatoms. The molecular formula is C19H20N4O5S. The van der Waals surface area contributed by atoms with E-state index < -0.39 is 32.6 Å². The lowest BCUT2D eigenvalue weighted by Crippen LogP contribution is -2.39. The molecule has 0 unspecified atom stereocenters. The monoisotopic (exact) mass is 416 g/mol. The molecule has 0 bridgehead atoms. The molecule has 3 rings (SSSR count). The summed E-state index contributed by atoms with van der Waals surface area (Å²) in [4.78, 5) is 40.1. The molecule has 2 heterocycles. The van der Waals surface area contributed by atoms with Gasteiger partial charge in [-0.15, -0.1) is 0 Å². The van der Waals surface area contributed by atoms with Gasteiger partial charge in [0, 0.05) is 26.2 Å². The lowest BCUT2D eigenvalue weighted by molar-refractivity contribution is -0.115. The Morgan fingerprint density at radius 2 is 1.69 bits per heavy atom. The van der Waals surface area contributed by atoms with E-state index in [9.17, 15) is 22.8 Å². The fraction of sp³-hybridized carbons (Fsp3) is 0.263. The number of aromatic nitrogens is 3. The third-order valence-corrected chi connectivity index (χ3v) is 6.29. The Labute approximate surface area is 166 Å². The number of anilines is 1. The lowest BCUT2D eigenvalue weighted by Gasteiger charge is -2.11. The Morgan fingerprint density at radius 1 is 1.03 bits per heavy atom. The number of amides is 1. The number of aryl methyl sites for hydroxylation is 3. The summed E-state index contributed by atoms with van der Waals surface area (Å²) in [7, 11) is -0.928. The van der Waals surface area contributed by atoms with Crippen molar-refractivity contribution in [3.63, 3.8) is 0 Å². The van der Waals surface area contributed by atoms with Crippen LogP contribution in [-0.2, 0) is 28.7 Å². The van der Waals surface area contributed by atoms with E-state index in [1.165, 1.54) is 36.9 Å². The van der Waals surface area contributed by atoms with Gasteiger partial charge in [0.25, 0.3) is 0 Å². The van der Waals surface area contributed by atoms with Crippen molar-refractivity contribution in [3.05, 3.63) is 62.8 Å². The predicted octanol–water partition coefficient (Wildman–Crippen LogP) is 0.743. The van der Waals surface area contributed by atoms with Crippen LogP contribution in [-0.4, -0.2) is 34.2 Å². The predicted molar refractivity (Wildman–Crippen MR) is 109 cm³/mol. The number of hydrogen-bond donors (Lipinski definition) is 1. The van der Waals surface area contributed by atoms with E-state index in [1.54, 1.807) is 25.1 Å². The number of carbonyl (C=O) groups excluding carboxylic acids is 1. The van der Waals surface area contributed by atoms with Gasteiger partial charge >= 0.3 is 11.1 Å². The van der Waals surface area contributed by atoms with Crippen molar-refractivity contribution < 1.29 is 13.2 Å². The van der Waals surface area contributed by atoms with Crippen molar-refractivity contribution in [1.82, 2.24) is 14.1 Å². The summed E-state index contributed by atoms with van der Waals surface area (Å²) < 4.78 is 27.7. The van der Waals surface area contributed by atoms with Crippen LogP contribution in [0.2, 0.25) is 0 Å². The van der Waals surface area contributed by atoms with Gasteiger partial charge in [-0.3, -0.25) is 14.4 Å². The van der Waals surface area contributed by atoms with Crippen LogP contribution < -0.4 is 16.4 Å². The van der Waals surface area contributed by atoms with E-state index in [0.29, 0.717) is 16.9 Å². The number of nitrogens with zero attached hydrogens (tertiary/aromatic N) is 3. The molecule has 0 saturated carbocycles. The highest BCUT2D eigenvalue weighted by Crippen LogP contribution is 2.18.